The number of hydrogen-bond donors (Lipinski definition) is 0. The first kappa shape index (κ1) is 17.2. The average Bonchev–Trinajstić information content (AvgIpc) is 2.87. The molecule has 0 radical (unpaired) electrons. The van der Waals surface area contributed by atoms with E-state index >= 15 is 0 Å². The van der Waals surface area contributed by atoms with Crippen LogP contribution < -0.4 is 0 Å². The molecule has 0 N–H and O–H groups in total. The largest absolute Gasteiger partial charge is 0.339 e. The summed E-state index contributed by atoms with van der Waals surface area (Å²) in [7, 11) is 0. The van der Waals surface area contributed by atoms with Crippen LogP contribution in [0.25, 0.3) is 0 Å². The summed E-state index contributed by atoms with van der Waals surface area (Å²) in [6.07, 6.45) is 14.3. The standard InChI is InChI=1S/C17H32N2O/c1-4-6-8-10-12-14-16(13-11-9-7-5-2)17-18-15(3)19-20-17/h16H,4-14H2,1-3H3. The lowest BCUT2D eigenvalue weighted by molar-refractivity contribution is 0.328. The summed E-state index contributed by atoms with van der Waals surface area (Å²) in [6.45, 7) is 6.42. The molecule has 1 heterocycles. The van der Waals surface area contributed by atoms with Crippen LogP contribution >= 0.6 is 0 Å². The lowest BCUT2D eigenvalue weighted by Crippen LogP contribution is -2.00. The summed E-state index contributed by atoms with van der Waals surface area (Å²) in [4.78, 5) is 4.45. The van der Waals surface area contributed by atoms with Gasteiger partial charge in [-0.2, -0.15) is 4.98 Å². The smallest absolute Gasteiger partial charge is 0.229 e. The van der Waals surface area contributed by atoms with Gasteiger partial charge in [0.2, 0.25) is 5.89 Å². The van der Waals surface area contributed by atoms with Gasteiger partial charge in [-0.05, 0) is 19.8 Å². The molecule has 0 aliphatic rings. The van der Waals surface area contributed by atoms with Crippen LogP contribution in [0.1, 0.15) is 102 Å². The molecule has 20 heavy (non-hydrogen) atoms. The zero-order valence-corrected chi connectivity index (χ0v) is 13.7. The number of hydrogen-bond acceptors (Lipinski definition) is 3. The third-order valence-corrected chi connectivity index (χ3v) is 3.95. The average molecular weight is 280 g/mol. The summed E-state index contributed by atoms with van der Waals surface area (Å²) in [5.41, 5.74) is 0. The zero-order valence-electron chi connectivity index (χ0n) is 13.7. The topological polar surface area (TPSA) is 38.9 Å². The van der Waals surface area contributed by atoms with E-state index in [1.807, 2.05) is 6.92 Å². The van der Waals surface area contributed by atoms with Gasteiger partial charge >= 0.3 is 0 Å². The predicted octanol–water partition coefficient (Wildman–Crippen LogP) is 5.79. The normalized spacial score (nSPS) is 12.8. The first-order chi connectivity index (χ1) is 9.77. The first-order valence-electron chi connectivity index (χ1n) is 8.58. The van der Waals surface area contributed by atoms with Crippen molar-refractivity contribution >= 4 is 0 Å². The molecule has 1 rings (SSSR count). The molecule has 0 aromatic carbocycles. The summed E-state index contributed by atoms with van der Waals surface area (Å²) in [5, 5.41) is 3.95. The van der Waals surface area contributed by atoms with E-state index in [4.69, 9.17) is 4.52 Å². The van der Waals surface area contributed by atoms with Gasteiger partial charge in [-0.25, -0.2) is 0 Å². The van der Waals surface area contributed by atoms with Gasteiger partial charge in [0.05, 0.1) is 0 Å². The van der Waals surface area contributed by atoms with Gasteiger partial charge in [0.1, 0.15) is 0 Å². The number of unbranched alkanes of at least 4 members (excludes halogenated alkanes) is 7. The van der Waals surface area contributed by atoms with Gasteiger partial charge in [0.25, 0.3) is 0 Å². The monoisotopic (exact) mass is 280 g/mol. The van der Waals surface area contributed by atoms with E-state index in [1.165, 1.54) is 70.6 Å². The van der Waals surface area contributed by atoms with Crippen molar-refractivity contribution in [3.8, 4) is 0 Å². The van der Waals surface area contributed by atoms with Crippen LogP contribution in [0.15, 0.2) is 4.52 Å². The van der Waals surface area contributed by atoms with E-state index < -0.39 is 0 Å². The Bertz CT molecular complexity index is 335. The molecule has 1 aromatic heterocycles. The summed E-state index contributed by atoms with van der Waals surface area (Å²) < 4.78 is 5.40. The Morgan fingerprint density at radius 1 is 0.850 bits per heavy atom. The molecule has 0 aliphatic heterocycles. The van der Waals surface area contributed by atoms with E-state index in [0.717, 1.165) is 11.7 Å². The highest BCUT2D eigenvalue weighted by molar-refractivity contribution is 4.92. The third kappa shape index (κ3) is 7.06. The van der Waals surface area contributed by atoms with Crippen molar-refractivity contribution in [2.45, 2.75) is 97.3 Å². The molecule has 1 unspecified atom stereocenters. The highest BCUT2D eigenvalue weighted by atomic mass is 16.5. The Morgan fingerprint density at radius 3 is 1.90 bits per heavy atom. The maximum absolute atomic E-state index is 5.40. The van der Waals surface area contributed by atoms with Gasteiger partial charge in [0.15, 0.2) is 5.82 Å². The van der Waals surface area contributed by atoms with Crippen LogP contribution in [0.4, 0.5) is 0 Å². The first-order valence-corrected chi connectivity index (χ1v) is 8.58. The minimum absolute atomic E-state index is 0.481. The van der Waals surface area contributed by atoms with Gasteiger partial charge in [0, 0.05) is 5.92 Å². The SMILES string of the molecule is CCCCCCCC(CCCCCC)c1nc(C)no1. The number of aromatic nitrogens is 2. The van der Waals surface area contributed by atoms with Gasteiger partial charge < -0.3 is 4.52 Å². The van der Waals surface area contributed by atoms with Gasteiger partial charge in [-0.3, -0.25) is 0 Å². The molecule has 0 spiro atoms. The molecule has 1 atom stereocenters. The molecule has 3 nitrogen and oxygen atoms in total. The van der Waals surface area contributed by atoms with Crippen LogP contribution in [0, 0.1) is 6.92 Å². The Morgan fingerprint density at radius 2 is 1.40 bits per heavy atom. The van der Waals surface area contributed by atoms with Crippen molar-refractivity contribution in [1.29, 1.82) is 0 Å². The van der Waals surface area contributed by atoms with Crippen molar-refractivity contribution < 1.29 is 4.52 Å². The number of nitrogens with zero attached hydrogens (tertiary/aromatic N) is 2. The lowest BCUT2D eigenvalue weighted by Gasteiger charge is -2.12. The number of aryl methyl sites for hydroxylation is 1. The molecule has 1 aromatic rings. The second-order valence-electron chi connectivity index (χ2n) is 5.93. The quantitative estimate of drug-likeness (QED) is 0.455. The maximum Gasteiger partial charge on any atom is 0.229 e. The maximum atomic E-state index is 5.40. The molecule has 0 aliphatic carbocycles. The van der Waals surface area contributed by atoms with Crippen LogP contribution in [-0.4, -0.2) is 10.1 Å². The van der Waals surface area contributed by atoms with Crippen molar-refractivity contribution in [3.63, 3.8) is 0 Å². The fraction of sp³-hybridized carbons (Fsp3) is 0.882. The van der Waals surface area contributed by atoms with Crippen molar-refractivity contribution in [1.82, 2.24) is 10.1 Å². The highest BCUT2D eigenvalue weighted by Gasteiger charge is 2.17. The fourth-order valence-corrected chi connectivity index (χ4v) is 2.68. The minimum Gasteiger partial charge on any atom is -0.339 e. The molecular formula is C17H32N2O. The summed E-state index contributed by atoms with van der Waals surface area (Å²) >= 11 is 0. The Hall–Kier alpha value is -0.860. The minimum atomic E-state index is 0.481. The van der Waals surface area contributed by atoms with Crippen LogP contribution in [0.3, 0.4) is 0 Å². The van der Waals surface area contributed by atoms with Gasteiger partial charge in [-0.15, -0.1) is 0 Å². The molecule has 0 saturated heterocycles. The number of rotatable bonds is 12. The molecule has 0 fully saturated rings. The second-order valence-corrected chi connectivity index (χ2v) is 5.93. The molecular weight excluding hydrogens is 248 g/mol. The second kappa shape index (κ2) is 10.9. The zero-order chi connectivity index (χ0) is 14.6. The fourth-order valence-electron chi connectivity index (χ4n) is 2.68. The molecule has 3 heteroatoms. The predicted molar refractivity (Wildman–Crippen MR) is 83.9 cm³/mol. The van der Waals surface area contributed by atoms with E-state index in [-0.39, 0.29) is 0 Å². The Labute approximate surface area is 124 Å². The van der Waals surface area contributed by atoms with Crippen LogP contribution in [0.5, 0.6) is 0 Å². The molecule has 0 saturated carbocycles. The summed E-state index contributed by atoms with van der Waals surface area (Å²) in [6, 6.07) is 0. The van der Waals surface area contributed by atoms with Crippen LogP contribution in [0.2, 0.25) is 0 Å². The lowest BCUT2D eigenvalue weighted by atomic mass is 9.94. The Balaban J connectivity index is 2.34. The van der Waals surface area contributed by atoms with E-state index in [0.29, 0.717) is 5.92 Å². The van der Waals surface area contributed by atoms with Crippen molar-refractivity contribution in [3.05, 3.63) is 11.7 Å². The molecule has 0 bridgehead atoms. The van der Waals surface area contributed by atoms with E-state index in [2.05, 4.69) is 24.0 Å². The highest BCUT2D eigenvalue weighted by Crippen LogP contribution is 2.27. The Kier molecular flexibility index (Phi) is 9.35. The van der Waals surface area contributed by atoms with Crippen LogP contribution in [-0.2, 0) is 0 Å². The van der Waals surface area contributed by atoms with Crippen molar-refractivity contribution in [2.75, 3.05) is 0 Å². The van der Waals surface area contributed by atoms with E-state index in [1.54, 1.807) is 0 Å². The van der Waals surface area contributed by atoms with E-state index in [9.17, 15) is 0 Å². The third-order valence-electron chi connectivity index (χ3n) is 3.95. The van der Waals surface area contributed by atoms with Gasteiger partial charge in [-0.1, -0.05) is 76.8 Å². The molecule has 0 amide bonds. The molecule has 116 valence electrons. The summed E-state index contributed by atoms with van der Waals surface area (Å²) in [5.74, 6) is 2.12. The van der Waals surface area contributed by atoms with Crippen molar-refractivity contribution in [2.24, 2.45) is 0 Å².